The van der Waals surface area contributed by atoms with Gasteiger partial charge in [0.05, 0.1) is 11.1 Å². The second kappa shape index (κ2) is 7.14. The molecule has 0 aliphatic heterocycles. The third-order valence-corrected chi connectivity index (χ3v) is 4.12. The van der Waals surface area contributed by atoms with Crippen LogP contribution in [0.2, 0.25) is 5.02 Å². The van der Waals surface area contributed by atoms with Crippen molar-refractivity contribution in [3.05, 3.63) is 23.4 Å². The third kappa shape index (κ3) is 5.40. The molecular weight excluding hydrogens is 278 g/mol. The number of hydrogen-bond acceptors (Lipinski definition) is 4. The van der Waals surface area contributed by atoms with Crippen LogP contribution in [0, 0.1) is 11.3 Å². The van der Waals surface area contributed by atoms with E-state index < -0.39 is 5.54 Å². The van der Waals surface area contributed by atoms with E-state index in [-0.39, 0.29) is 11.3 Å². The fourth-order valence-corrected chi connectivity index (χ4v) is 3.39. The number of pyridine rings is 1. The van der Waals surface area contributed by atoms with Gasteiger partial charge in [0.15, 0.2) is 0 Å². The predicted octanol–water partition coefficient (Wildman–Crippen LogP) is 3.89. The van der Waals surface area contributed by atoms with Crippen LogP contribution in [-0.4, -0.2) is 21.8 Å². The third-order valence-electron chi connectivity index (χ3n) is 2.59. The van der Waals surface area contributed by atoms with Gasteiger partial charge < -0.3 is 0 Å². The molecule has 1 aromatic rings. The highest BCUT2D eigenvalue weighted by Crippen LogP contribution is 2.31. The summed E-state index contributed by atoms with van der Waals surface area (Å²) in [4.78, 5) is 4.26. The van der Waals surface area contributed by atoms with E-state index >= 15 is 0 Å². The molecule has 0 spiro atoms. The van der Waals surface area contributed by atoms with Gasteiger partial charge in [-0.1, -0.05) is 18.5 Å². The topological polar surface area (TPSA) is 48.7 Å². The molecule has 3 nitrogen and oxygen atoms in total. The molecule has 5 heteroatoms. The molecule has 104 valence electrons. The van der Waals surface area contributed by atoms with Crippen LogP contribution in [0.5, 0.6) is 0 Å². The van der Waals surface area contributed by atoms with Crippen LogP contribution in [-0.2, 0) is 0 Å². The van der Waals surface area contributed by atoms with E-state index in [0.717, 1.165) is 11.4 Å². The maximum atomic E-state index is 9.34. The minimum Gasteiger partial charge on any atom is -0.297 e. The molecule has 0 fully saturated rings. The van der Waals surface area contributed by atoms with Gasteiger partial charge in [0, 0.05) is 17.5 Å². The van der Waals surface area contributed by atoms with Crippen molar-refractivity contribution in [2.45, 2.75) is 56.0 Å². The summed E-state index contributed by atoms with van der Waals surface area (Å²) in [6.07, 6.45) is 2.47. The highest BCUT2D eigenvalue weighted by molar-refractivity contribution is 7.99. The van der Waals surface area contributed by atoms with Crippen LogP contribution in [0.25, 0.3) is 0 Å². The molecule has 0 saturated carbocycles. The summed E-state index contributed by atoms with van der Waals surface area (Å²) in [6.45, 7) is 8.11. The molecule has 19 heavy (non-hydrogen) atoms. The van der Waals surface area contributed by atoms with Gasteiger partial charge in [0.2, 0.25) is 0 Å². The normalized spacial score (nSPS) is 15.8. The maximum Gasteiger partial charge on any atom is 0.115 e. The number of rotatable bonds is 6. The van der Waals surface area contributed by atoms with E-state index in [0.29, 0.717) is 5.02 Å². The molecule has 0 aromatic carbocycles. The van der Waals surface area contributed by atoms with E-state index in [2.05, 4.69) is 23.3 Å². The Morgan fingerprint density at radius 3 is 2.74 bits per heavy atom. The Morgan fingerprint density at radius 1 is 1.53 bits per heavy atom. The fourth-order valence-electron chi connectivity index (χ4n) is 2.04. The number of nitrogens with one attached hydrogen (secondary N) is 1. The molecule has 1 aromatic heterocycles. The standard InChI is InChI=1S/C14H20ClN3S/c1-10(2)18-14(4,9-16)8-11(3)19-13-12(15)6-5-7-17-13/h5-7,10-11,18H,8H2,1-4H3. The predicted molar refractivity (Wildman–Crippen MR) is 81.5 cm³/mol. The number of aromatic nitrogens is 1. The van der Waals surface area contributed by atoms with Crippen LogP contribution in [0.3, 0.4) is 0 Å². The molecule has 1 N–H and O–H groups in total. The maximum absolute atomic E-state index is 9.34. The lowest BCUT2D eigenvalue weighted by Crippen LogP contribution is -2.46. The Labute approximate surface area is 124 Å². The summed E-state index contributed by atoms with van der Waals surface area (Å²) in [5.41, 5.74) is -0.526. The van der Waals surface area contributed by atoms with Gasteiger partial charge in [-0.15, -0.1) is 11.8 Å². The fraction of sp³-hybridized carbons (Fsp3) is 0.571. The smallest absolute Gasteiger partial charge is 0.115 e. The molecule has 2 unspecified atom stereocenters. The lowest BCUT2D eigenvalue weighted by molar-refractivity contribution is 0.382. The van der Waals surface area contributed by atoms with Crippen LogP contribution >= 0.6 is 23.4 Å². The van der Waals surface area contributed by atoms with E-state index in [9.17, 15) is 5.26 Å². The summed E-state index contributed by atoms with van der Waals surface area (Å²) in [6, 6.07) is 6.29. The SMILES string of the molecule is CC(C)NC(C)(C#N)CC(C)Sc1ncccc1Cl. The Hall–Kier alpha value is -0.760. The zero-order valence-electron chi connectivity index (χ0n) is 11.8. The first-order valence-electron chi connectivity index (χ1n) is 6.32. The first-order chi connectivity index (χ1) is 8.86. The zero-order chi connectivity index (χ0) is 14.5. The number of nitrogens with zero attached hydrogens (tertiary/aromatic N) is 2. The van der Waals surface area contributed by atoms with Gasteiger partial charge in [-0.2, -0.15) is 5.26 Å². The van der Waals surface area contributed by atoms with Crippen molar-refractivity contribution in [3.63, 3.8) is 0 Å². The van der Waals surface area contributed by atoms with Crippen molar-refractivity contribution in [2.75, 3.05) is 0 Å². The first-order valence-corrected chi connectivity index (χ1v) is 7.58. The van der Waals surface area contributed by atoms with Gasteiger partial charge in [-0.25, -0.2) is 4.98 Å². The minimum atomic E-state index is -0.526. The summed E-state index contributed by atoms with van der Waals surface area (Å²) < 4.78 is 0. The molecule has 2 atom stereocenters. The molecule has 1 heterocycles. The van der Waals surface area contributed by atoms with Crippen LogP contribution in [0.1, 0.15) is 34.1 Å². The van der Waals surface area contributed by atoms with Crippen molar-refractivity contribution in [1.82, 2.24) is 10.3 Å². The van der Waals surface area contributed by atoms with E-state index in [1.54, 1.807) is 18.0 Å². The molecular formula is C14H20ClN3S. The Bertz CT molecular complexity index is 458. The summed E-state index contributed by atoms with van der Waals surface area (Å²) in [5, 5.41) is 14.4. The highest BCUT2D eigenvalue weighted by atomic mass is 35.5. The molecule has 0 bridgehead atoms. The molecule has 1 rings (SSSR count). The second-order valence-electron chi connectivity index (χ2n) is 5.17. The quantitative estimate of drug-likeness (QED) is 0.809. The lowest BCUT2D eigenvalue weighted by atomic mass is 9.97. The van der Waals surface area contributed by atoms with Crippen molar-refractivity contribution in [3.8, 4) is 6.07 Å². The molecule has 0 amide bonds. The zero-order valence-corrected chi connectivity index (χ0v) is 13.3. The molecule has 0 saturated heterocycles. The van der Waals surface area contributed by atoms with Gasteiger partial charge >= 0.3 is 0 Å². The number of thioether (sulfide) groups is 1. The van der Waals surface area contributed by atoms with Gasteiger partial charge in [-0.3, -0.25) is 5.32 Å². The molecule has 0 radical (unpaired) electrons. The number of nitriles is 1. The van der Waals surface area contributed by atoms with Crippen LogP contribution < -0.4 is 5.32 Å². The largest absolute Gasteiger partial charge is 0.297 e. The van der Waals surface area contributed by atoms with Gasteiger partial charge in [0.1, 0.15) is 10.6 Å². The number of halogens is 1. The first kappa shape index (κ1) is 16.3. The average Bonchev–Trinajstić information content (AvgIpc) is 2.31. The Kier molecular flexibility index (Phi) is 6.12. The van der Waals surface area contributed by atoms with E-state index in [4.69, 9.17) is 11.6 Å². The van der Waals surface area contributed by atoms with Crippen molar-refractivity contribution >= 4 is 23.4 Å². The number of hydrogen-bond donors (Lipinski definition) is 1. The van der Waals surface area contributed by atoms with Gasteiger partial charge in [0.25, 0.3) is 0 Å². The van der Waals surface area contributed by atoms with Crippen LogP contribution in [0.15, 0.2) is 23.4 Å². The molecule has 0 aliphatic rings. The van der Waals surface area contributed by atoms with Gasteiger partial charge in [-0.05, 0) is 39.3 Å². The van der Waals surface area contributed by atoms with Crippen molar-refractivity contribution in [2.24, 2.45) is 0 Å². The van der Waals surface area contributed by atoms with Crippen LogP contribution in [0.4, 0.5) is 0 Å². The monoisotopic (exact) mass is 297 g/mol. The summed E-state index contributed by atoms with van der Waals surface area (Å²) >= 11 is 7.70. The minimum absolute atomic E-state index is 0.253. The van der Waals surface area contributed by atoms with E-state index in [1.807, 2.05) is 32.9 Å². The Balaban J connectivity index is 2.67. The van der Waals surface area contributed by atoms with E-state index in [1.165, 1.54) is 0 Å². The Morgan fingerprint density at radius 2 is 2.21 bits per heavy atom. The summed E-state index contributed by atoms with van der Waals surface area (Å²) in [7, 11) is 0. The average molecular weight is 298 g/mol. The highest BCUT2D eigenvalue weighted by Gasteiger charge is 2.27. The second-order valence-corrected chi connectivity index (χ2v) is 7.00. The lowest BCUT2D eigenvalue weighted by Gasteiger charge is -2.28. The van der Waals surface area contributed by atoms with Crippen molar-refractivity contribution in [1.29, 1.82) is 5.26 Å². The summed E-state index contributed by atoms with van der Waals surface area (Å²) in [5.74, 6) is 0. The molecule has 0 aliphatic carbocycles. The van der Waals surface area contributed by atoms with Crippen molar-refractivity contribution < 1.29 is 0 Å².